The lowest BCUT2D eigenvalue weighted by Crippen LogP contribution is -2.08. The number of anilines is 2. The predicted octanol–water partition coefficient (Wildman–Crippen LogP) is 2.85. The molecule has 0 saturated heterocycles. The third kappa shape index (κ3) is 3.13. The van der Waals surface area contributed by atoms with Gasteiger partial charge in [0.15, 0.2) is 17.5 Å². The number of aryl methyl sites for hydroxylation is 2. The highest BCUT2D eigenvalue weighted by Crippen LogP contribution is 2.22. The monoisotopic (exact) mass is 310 g/mol. The Morgan fingerprint density at radius 2 is 1.68 bits per heavy atom. The Hall–Kier alpha value is -2.31. The number of halogens is 3. The molecular weight excluding hydrogens is 293 g/mol. The molecule has 0 atom stereocenters. The van der Waals surface area contributed by atoms with E-state index in [1.165, 1.54) is 6.92 Å². The molecule has 0 aliphatic rings. The van der Waals surface area contributed by atoms with Crippen LogP contribution in [0.3, 0.4) is 0 Å². The normalized spacial score (nSPS) is 11.0. The smallest absolute Gasteiger partial charge is 0.222 e. The Balaban J connectivity index is 2.13. The summed E-state index contributed by atoms with van der Waals surface area (Å²) < 4.78 is 39.9. The lowest BCUT2D eigenvalue weighted by atomic mass is 9.99. The second kappa shape index (κ2) is 6.21. The van der Waals surface area contributed by atoms with Gasteiger partial charge in [-0.2, -0.15) is 4.98 Å². The van der Waals surface area contributed by atoms with Gasteiger partial charge in [0.25, 0.3) is 0 Å². The van der Waals surface area contributed by atoms with Crippen molar-refractivity contribution in [3.05, 3.63) is 45.9 Å². The number of nitrogens with two attached hydrogens (primary N) is 2. The first-order valence-electron chi connectivity index (χ1n) is 6.82. The summed E-state index contributed by atoms with van der Waals surface area (Å²) in [6, 6.07) is 1.03. The summed E-state index contributed by atoms with van der Waals surface area (Å²) in [7, 11) is 0. The standard InChI is InChI=1S/C15H17F3N4/c1-7-9(6-11(16)13(18)12(7)17)4-3-5-10-8(2)21-15(20)22-14(10)19/h6H,3-5H2,1-2H3,(H4,19,20,21,22). The molecule has 1 aromatic carbocycles. The number of rotatable bonds is 4. The lowest BCUT2D eigenvalue weighted by molar-refractivity contribution is 0.441. The van der Waals surface area contributed by atoms with Gasteiger partial charge in [-0.1, -0.05) is 0 Å². The molecule has 0 radical (unpaired) electrons. The fraction of sp³-hybridized carbons (Fsp3) is 0.333. The van der Waals surface area contributed by atoms with Crippen LogP contribution in [0.4, 0.5) is 24.9 Å². The zero-order chi connectivity index (χ0) is 16.4. The van der Waals surface area contributed by atoms with Gasteiger partial charge in [-0.25, -0.2) is 18.2 Å². The van der Waals surface area contributed by atoms with Gasteiger partial charge in [-0.05, 0) is 50.3 Å². The second-order valence-corrected chi connectivity index (χ2v) is 5.16. The van der Waals surface area contributed by atoms with Crippen molar-refractivity contribution in [1.29, 1.82) is 0 Å². The molecular formula is C15H17F3N4. The first kappa shape index (κ1) is 16.1. The van der Waals surface area contributed by atoms with E-state index in [4.69, 9.17) is 11.5 Å². The van der Waals surface area contributed by atoms with Crippen molar-refractivity contribution in [2.24, 2.45) is 0 Å². The van der Waals surface area contributed by atoms with E-state index in [1.807, 2.05) is 0 Å². The molecule has 0 saturated carbocycles. The SMILES string of the molecule is Cc1nc(N)nc(N)c1CCCc1cc(F)c(F)c(F)c1C. The van der Waals surface area contributed by atoms with E-state index >= 15 is 0 Å². The highest BCUT2D eigenvalue weighted by Gasteiger charge is 2.16. The van der Waals surface area contributed by atoms with Gasteiger partial charge < -0.3 is 11.5 Å². The summed E-state index contributed by atoms with van der Waals surface area (Å²) >= 11 is 0. The minimum atomic E-state index is -1.44. The molecule has 4 N–H and O–H groups in total. The van der Waals surface area contributed by atoms with E-state index in [0.717, 1.165) is 11.6 Å². The Morgan fingerprint density at radius 1 is 1.00 bits per heavy atom. The molecule has 22 heavy (non-hydrogen) atoms. The maximum Gasteiger partial charge on any atom is 0.222 e. The van der Waals surface area contributed by atoms with E-state index in [9.17, 15) is 13.2 Å². The van der Waals surface area contributed by atoms with Crippen LogP contribution in [0.15, 0.2) is 6.07 Å². The van der Waals surface area contributed by atoms with Crippen molar-refractivity contribution in [2.45, 2.75) is 33.1 Å². The molecule has 0 amide bonds. The lowest BCUT2D eigenvalue weighted by Gasteiger charge is -2.11. The summed E-state index contributed by atoms with van der Waals surface area (Å²) in [4.78, 5) is 7.93. The van der Waals surface area contributed by atoms with E-state index in [0.29, 0.717) is 36.3 Å². The first-order chi connectivity index (χ1) is 10.3. The molecule has 0 aliphatic heterocycles. The van der Waals surface area contributed by atoms with Crippen LogP contribution in [0.1, 0.15) is 28.8 Å². The number of benzene rings is 1. The number of nitrogens with zero attached hydrogens (tertiary/aromatic N) is 2. The van der Waals surface area contributed by atoms with Crippen molar-refractivity contribution >= 4 is 11.8 Å². The highest BCUT2D eigenvalue weighted by molar-refractivity contribution is 5.45. The van der Waals surface area contributed by atoms with Gasteiger partial charge in [-0.3, -0.25) is 0 Å². The molecule has 1 aromatic heterocycles. The Bertz CT molecular complexity index is 693. The van der Waals surface area contributed by atoms with E-state index < -0.39 is 17.5 Å². The summed E-state index contributed by atoms with van der Waals surface area (Å²) in [5.41, 5.74) is 13.3. The van der Waals surface area contributed by atoms with Crippen LogP contribution in [-0.2, 0) is 12.8 Å². The first-order valence-corrected chi connectivity index (χ1v) is 6.82. The highest BCUT2D eigenvalue weighted by atomic mass is 19.2. The van der Waals surface area contributed by atoms with E-state index in [-0.39, 0.29) is 11.5 Å². The third-order valence-electron chi connectivity index (χ3n) is 3.65. The summed E-state index contributed by atoms with van der Waals surface area (Å²) in [5.74, 6) is -3.34. The maximum absolute atomic E-state index is 13.5. The average Bonchev–Trinajstić information content (AvgIpc) is 2.44. The zero-order valence-electron chi connectivity index (χ0n) is 12.4. The number of aromatic nitrogens is 2. The van der Waals surface area contributed by atoms with E-state index in [2.05, 4.69) is 9.97 Å². The summed E-state index contributed by atoms with van der Waals surface area (Å²) in [6.45, 7) is 3.20. The van der Waals surface area contributed by atoms with Crippen LogP contribution in [0.25, 0.3) is 0 Å². The molecule has 0 fully saturated rings. The molecule has 0 spiro atoms. The molecule has 2 rings (SSSR count). The molecule has 7 heteroatoms. The third-order valence-corrected chi connectivity index (χ3v) is 3.65. The largest absolute Gasteiger partial charge is 0.383 e. The van der Waals surface area contributed by atoms with Crippen molar-refractivity contribution < 1.29 is 13.2 Å². The van der Waals surface area contributed by atoms with Crippen LogP contribution >= 0.6 is 0 Å². The minimum Gasteiger partial charge on any atom is -0.383 e. The summed E-state index contributed by atoms with van der Waals surface area (Å²) in [6.07, 6.45) is 1.50. The Morgan fingerprint density at radius 3 is 2.32 bits per heavy atom. The van der Waals surface area contributed by atoms with Crippen LogP contribution in [0.2, 0.25) is 0 Å². The van der Waals surface area contributed by atoms with Gasteiger partial charge in [0.2, 0.25) is 5.95 Å². The van der Waals surface area contributed by atoms with Gasteiger partial charge in [0.05, 0.1) is 0 Å². The Labute approximate surface area is 126 Å². The predicted molar refractivity (Wildman–Crippen MR) is 78.7 cm³/mol. The van der Waals surface area contributed by atoms with Gasteiger partial charge >= 0.3 is 0 Å². The number of hydrogen-bond donors (Lipinski definition) is 2. The molecule has 4 nitrogen and oxygen atoms in total. The van der Waals surface area contributed by atoms with Gasteiger partial charge in [-0.15, -0.1) is 0 Å². The molecule has 0 unspecified atom stereocenters. The maximum atomic E-state index is 13.5. The van der Waals surface area contributed by atoms with Crippen LogP contribution < -0.4 is 11.5 Å². The quantitative estimate of drug-likeness (QED) is 0.851. The van der Waals surface area contributed by atoms with Crippen molar-refractivity contribution in [3.8, 4) is 0 Å². The fourth-order valence-corrected chi connectivity index (χ4v) is 2.40. The molecule has 0 aliphatic carbocycles. The zero-order valence-corrected chi connectivity index (χ0v) is 12.4. The fourth-order valence-electron chi connectivity index (χ4n) is 2.40. The Kier molecular flexibility index (Phi) is 4.54. The van der Waals surface area contributed by atoms with Crippen LogP contribution in [0.5, 0.6) is 0 Å². The number of nitrogen functional groups attached to an aromatic ring is 2. The van der Waals surface area contributed by atoms with Crippen molar-refractivity contribution in [1.82, 2.24) is 9.97 Å². The van der Waals surface area contributed by atoms with Gasteiger partial charge in [0.1, 0.15) is 5.82 Å². The average molecular weight is 310 g/mol. The molecule has 0 bridgehead atoms. The van der Waals surface area contributed by atoms with E-state index in [1.54, 1.807) is 6.92 Å². The van der Waals surface area contributed by atoms with Gasteiger partial charge in [0, 0.05) is 11.3 Å². The molecule has 118 valence electrons. The van der Waals surface area contributed by atoms with Crippen molar-refractivity contribution in [2.75, 3.05) is 11.5 Å². The van der Waals surface area contributed by atoms with Crippen molar-refractivity contribution in [3.63, 3.8) is 0 Å². The van der Waals surface area contributed by atoms with Crippen LogP contribution in [-0.4, -0.2) is 9.97 Å². The molecule has 1 heterocycles. The molecule has 2 aromatic rings. The van der Waals surface area contributed by atoms with Crippen LogP contribution in [0, 0.1) is 31.3 Å². The number of hydrogen-bond acceptors (Lipinski definition) is 4. The topological polar surface area (TPSA) is 77.8 Å². The minimum absolute atomic E-state index is 0.109. The summed E-state index contributed by atoms with van der Waals surface area (Å²) in [5, 5.41) is 0. The second-order valence-electron chi connectivity index (χ2n) is 5.16.